The second-order valence-corrected chi connectivity index (χ2v) is 4.27. The molecule has 100 valence electrons. The second-order valence-electron chi connectivity index (χ2n) is 4.27. The summed E-state index contributed by atoms with van der Waals surface area (Å²) in [4.78, 5) is 22.6. The number of esters is 1. The largest absolute Gasteiger partial charge is 0.467 e. The van der Waals surface area contributed by atoms with E-state index < -0.39 is 29.1 Å². The zero-order valence-electron chi connectivity index (χ0n) is 9.94. The lowest BCUT2D eigenvalue weighted by Gasteiger charge is -2.31. The van der Waals surface area contributed by atoms with Gasteiger partial charge in [-0.2, -0.15) is 13.2 Å². The molecule has 1 unspecified atom stereocenters. The molecule has 1 atom stereocenters. The van der Waals surface area contributed by atoms with Crippen LogP contribution in [0.25, 0.3) is 0 Å². The monoisotopic (exact) mass is 256 g/mol. The van der Waals surface area contributed by atoms with Gasteiger partial charge in [0.05, 0.1) is 7.11 Å². The second kappa shape index (κ2) is 4.52. The van der Waals surface area contributed by atoms with Crippen LogP contribution in [0.3, 0.4) is 0 Å². The van der Waals surface area contributed by atoms with Gasteiger partial charge in [0.2, 0.25) is 5.91 Å². The standard InChI is InChI=1S/C9H15F3N2O3/c1-7(2,6(16)17-4)14-5(15)8(3,13)9(10,11)12/h13H2,1-4H3,(H,14,15). The van der Waals surface area contributed by atoms with E-state index in [0.29, 0.717) is 6.92 Å². The topological polar surface area (TPSA) is 81.4 Å². The third-order valence-corrected chi connectivity index (χ3v) is 2.18. The predicted molar refractivity (Wildman–Crippen MR) is 52.9 cm³/mol. The molecule has 0 aliphatic heterocycles. The third kappa shape index (κ3) is 3.32. The van der Waals surface area contributed by atoms with Gasteiger partial charge in [0.1, 0.15) is 5.54 Å². The summed E-state index contributed by atoms with van der Waals surface area (Å²) in [5.74, 6) is -2.37. The molecule has 0 bridgehead atoms. The van der Waals surface area contributed by atoms with E-state index in [4.69, 9.17) is 5.73 Å². The average Bonchev–Trinajstić information content (AvgIpc) is 2.13. The van der Waals surface area contributed by atoms with E-state index in [-0.39, 0.29) is 0 Å². The van der Waals surface area contributed by atoms with Crippen molar-refractivity contribution in [3.63, 3.8) is 0 Å². The van der Waals surface area contributed by atoms with Crippen molar-refractivity contribution in [2.75, 3.05) is 7.11 Å². The number of carbonyl (C=O) groups excluding carboxylic acids is 2. The van der Waals surface area contributed by atoms with Crippen LogP contribution in [0.15, 0.2) is 0 Å². The Morgan fingerprint density at radius 3 is 1.88 bits per heavy atom. The van der Waals surface area contributed by atoms with E-state index in [1.165, 1.54) is 13.8 Å². The summed E-state index contributed by atoms with van der Waals surface area (Å²) < 4.78 is 41.7. The normalized spacial score (nSPS) is 16.0. The lowest BCUT2D eigenvalue weighted by Crippen LogP contribution is -2.65. The molecule has 0 aromatic heterocycles. The number of nitrogens with one attached hydrogen (secondary N) is 1. The van der Waals surface area contributed by atoms with Gasteiger partial charge in [-0.1, -0.05) is 0 Å². The Kier molecular flexibility index (Phi) is 4.17. The number of methoxy groups -OCH3 is 1. The quantitative estimate of drug-likeness (QED) is 0.713. The predicted octanol–water partition coefficient (Wildman–Crippen LogP) is 0.334. The first kappa shape index (κ1) is 15.7. The van der Waals surface area contributed by atoms with Crippen molar-refractivity contribution >= 4 is 11.9 Å². The molecule has 0 aromatic rings. The number of carbonyl (C=O) groups is 2. The summed E-state index contributed by atoms with van der Waals surface area (Å²) >= 11 is 0. The molecule has 8 heteroatoms. The first-order chi connectivity index (χ1) is 7.36. The highest BCUT2D eigenvalue weighted by atomic mass is 19.4. The van der Waals surface area contributed by atoms with Gasteiger partial charge in [-0.25, -0.2) is 4.79 Å². The first-order valence-electron chi connectivity index (χ1n) is 4.63. The number of amides is 1. The van der Waals surface area contributed by atoms with Crippen LogP contribution >= 0.6 is 0 Å². The third-order valence-electron chi connectivity index (χ3n) is 2.18. The van der Waals surface area contributed by atoms with Gasteiger partial charge in [-0.3, -0.25) is 4.79 Å². The molecule has 0 saturated heterocycles. The van der Waals surface area contributed by atoms with Gasteiger partial charge in [0, 0.05) is 0 Å². The summed E-state index contributed by atoms with van der Waals surface area (Å²) in [6.07, 6.45) is -4.91. The van der Waals surface area contributed by atoms with Gasteiger partial charge < -0.3 is 15.8 Å². The van der Waals surface area contributed by atoms with E-state index in [1.54, 1.807) is 0 Å². The number of hydrogen-bond donors (Lipinski definition) is 2. The lowest BCUT2D eigenvalue weighted by atomic mass is 9.98. The molecule has 0 spiro atoms. The minimum absolute atomic E-state index is 0.524. The highest BCUT2D eigenvalue weighted by Crippen LogP contribution is 2.28. The van der Waals surface area contributed by atoms with Crippen LogP contribution < -0.4 is 11.1 Å². The van der Waals surface area contributed by atoms with E-state index in [2.05, 4.69) is 4.74 Å². The number of halogens is 3. The Morgan fingerprint density at radius 2 is 1.59 bits per heavy atom. The molecule has 0 aliphatic rings. The zero-order chi connectivity index (χ0) is 14.1. The molecule has 0 aliphatic carbocycles. The van der Waals surface area contributed by atoms with Gasteiger partial charge in [0.15, 0.2) is 5.54 Å². The van der Waals surface area contributed by atoms with Crippen LogP contribution in [0.1, 0.15) is 20.8 Å². The van der Waals surface area contributed by atoms with E-state index >= 15 is 0 Å². The van der Waals surface area contributed by atoms with Crippen LogP contribution in [-0.2, 0) is 14.3 Å². The Bertz CT molecular complexity index is 324. The van der Waals surface area contributed by atoms with Gasteiger partial charge >= 0.3 is 12.1 Å². The molecule has 0 fully saturated rings. The lowest BCUT2D eigenvalue weighted by molar-refractivity contribution is -0.189. The molecular weight excluding hydrogens is 241 g/mol. The van der Waals surface area contributed by atoms with Crippen molar-refractivity contribution in [3.8, 4) is 0 Å². The maximum Gasteiger partial charge on any atom is 0.415 e. The fourth-order valence-electron chi connectivity index (χ4n) is 0.849. The highest BCUT2D eigenvalue weighted by Gasteiger charge is 2.55. The van der Waals surface area contributed by atoms with Crippen molar-refractivity contribution in [1.82, 2.24) is 5.32 Å². The maximum atomic E-state index is 12.4. The maximum absolute atomic E-state index is 12.4. The zero-order valence-corrected chi connectivity index (χ0v) is 9.94. The van der Waals surface area contributed by atoms with Crippen molar-refractivity contribution in [3.05, 3.63) is 0 Å². The Balaban J connectivity index is 4.95. The molecule has 5 nitrogen and oxygen atoms in total. The summed E-state index contributed by atoms with van der Waals surface area (Å²) in [6.45, 7) is 2.95. The van der Waals surface area contributed by atoms with Crippen molar-refractivity contribution in [2.24, 2.45) is 5.73 Å². The average molecular weight is 256 g/mol. The van der Waals surface area contributed by atoms with Crippen LogP contribution in [0.4, 0.5) is 13.2 Å². The minimum atomic E-state index is -4.91. The number of hydrogen-bond acceptors (Lipinski definition) is 4. The molecule has 1 amide bonds. The van der Waals surface area contributed by atoms with Crippen LogP contribution in [0.5, 0.6) is 0 Å². The van der Waals surface area contributed by atoms with Gasteiger partial charge in [-0.05, 0) is 20.8 Å². The summed E-state index contributed by atoms with van der Waals surface area (Å²) in [6, 6.07) is 0. The SMILES string of the molecule is COC(=O)C(C)(C)NC(=O)C(C)(N)C(F)(F)F. The van der Waals surface area contributed by atoms with Crippen molar-refractivity contribution < 1.29 is 27.5 Å². The van der Waals surface area contributed by atoms with E-state index in [1.807, 2.05) is 5.32 Å². The molecule has 0 radical (unpaired) electrons. The van der Waals surface area contributed by atoms with Gasteiger partial charge in [0.25, 0.3) is 0 Å². The van der Waals surface area contributed by atoms with Crippen LogP contribution in [0.2, 0.25) is 0 Å². The number of nitrogens with two attached hydrogens (primary N) is 1. The number of ether oxygens (including phenoxy) is 1. The fourth-order valence-corrected chi connectivity index (χ4v) is 0.849. The molecule has 0 saturated carbocycles. The van der Waals surface area contributed by atoms with Crippen molar-refractivity contribution in [1.29, 1.82) is 0 Å². The highest BCUT2D eigenvalue weighted by molar-refractivity contribution is 5.92. The Labute approximate surface area is 96.5 Å². The summed E-state index contributed by atoms with van der Waals surface area (Å²) in [5.41, 5.74) is 0.240. The molecule has 17 heavy (non-hydrogen) atoms. The molecule has 0 aromatic carbocycles. The molecule has 0 heterocycles. The minimum Gasteiger partial charge on any atom is -0.467 e. The smallest absolute Gasteiger partial charge is 0.415 e. The first-order valence-corrected chi connectivity index (χ1v) is 4.63. The fraction of sp³-hybridized carbons (Fsp3) is 0.778. The molecule has 3 N–H and O–H groups in total. The summed E-state index contributed by atoms with van der Waals surface area (Å²) in [5, 5.41) is 1.90. The summed E-state index contributed by atoms with van der Waals surface area (Å²) in [7, 11) is 1.06. The van der Waals surface area contributed by atoms with Crippen LogP contribution in [0, 0.1) is 0 Å². The Hall–Kier alpha value is -1.31. The van der Waals surface area contributed by atoms with Crippen molar-refractivity contribution in [2.45, 2.75) is 38.0 Å². The molecular formula is C9H15F3N2O3. The van der Waals surface area contributed by atoms with Crippen LogP contribution in [-0.4, -0.2) is 36.2 Å². The van der Waals surface area contributed by atoms with E-state index in [0.717, 1.165) is 7.11 Å². The number of rotatable bonds is 3. The number of alkyl halides is 3. The molecule has 0 rings (SSSR count). The van der Waals surface area contributed by atoms with E-state index in [9.17, 15) is 22.8 Å². The van der Waals surface area contributed by atoms with Gasteiger partial charge in [-0.15, -0.1) is 0 Å². The Morgan fingerprint density at radius 1 is 1.18 bits per heavy atom.